The van der Waals surface area contributed by atoms with Crippen molar-refractivity contribution in [2.75, 3.05) is 0 Å². The molecule has 1 aliphatic heterocycles. The van der Waals surface area contributed by atoms with Crippen LogP contribution in [0.1, 0.15) is 42.5 Å². The zero-order valence-electron chi connectivity index (χ0n) is 13.3. The van der Waals surface area contributed by atoms with Gasteiger partial charge in [0.2, 0.25) is 0 Å². The molecule has 1 N–H and O–H groups in total. The average molecular weight is 286 g/mol. The van der Waals surface area contributed by atoms with Gasteiger partial charge in [-0.25, -0.2) is 0 Å². The molecule has 0 saturated carbocycles. The smallest absolute Gasteiger partial charge is 0.253 e. The number of hydrogen-bond donors (Lipinski definition) is 1. The van der Waals surface area contributed by atoms with Crippen molar-refractivity contribution >= 4 is 5.71 Å². The van der Waals surface area contributed by atoms with Crippen molar-refractivity contribution in [1.29, 1.82) is 5.26 Å². The third-order valence-electron chi connectivity index (χ3n) is 4.01. The van der Waals surface area contributed by atoms with E-state index in [-0.39, 0.29) is 5.92 Å². The van der Waals surface area contributed by atoms with E-state index in [9.17, 15) is 10.4 Å². The lowest BCUT2D eigenvalue weighted by molar-refractivity contribution is -0.0850. The van der Waals surface area contributed by atoms with Crippen LogP contribution >= 0.6 is 0 Å². The molecular formula is C17H22N2O2. The molecule has 0 fully saturated rings. The lowest BCUT2D eigenvalue weighted by Gasteiger charge is -2.27. The molecule has 1 aromatic rings. The summed E-state index contributed by atoms with van der Waals surface area (Å²) in [5.74, 6) is -0.0700. The molecule has 0 spiro atoms. The molecule has 1 heterocycles. The molecule has 4 nitrogen and oxygen atoms in total. The van der Waals surface area contributed by atoms with Gasteiger partial charge in [0.1, 0.15) is 12.2 Å². The molecule has 0 bridgehead atoms. The number of nitrogens with zero attached hydrogens (tertiary/aromatic N) is 2. The number of nitriles is 1. The Morgan fingerprint density at radius 3 is 2.33 bits per heavy atom. The van der Waals surface area contributed by atoms with Gasteiger partial charge in [0, 0.05) is 5.56 Å². The maximum absolute atomic E-state index is 10.3. The van der Waals surface area contributed by atoms with Gasteiger partial charge in [-0.1, -0.05) is 36.7 Å². The number of oxime groups is 1. The summed E-state index contributed by atoms with van der Waals surface area (Å²) in [5.41, 5.74) is 3.92. The third kappa shape index (κ3) is 2.66. The first-order valence-electron chi connectivity index (χ1n) is 7.23. The SMILES string of the molecule is Cc1cc(C)c(C2=NO[C@@](C#N)([C@@H](O)C(C)C)C2)c(C)c1. The van der Waals surface area contributed by atoms with Crippen molar-refractivity contribution in [3.05, 3.63) is 34.4 Å². The second kappa shape index (κ2) is 5.50. The van der Waals surface area contributed by atoms with Gasteiger partial charge < -0.3 is 9.94 Å². The quantitative estimate of drug-likeness (QED) is 0.928. The minimum Gasteiger partial charge on any atom is -0.387 e. The molecular weight excluding hydrogens is 264 g/mol. The van der Waals surface area contributed by atoms with Crippen LogP contribution in [0.2, 0.25) is 0 Å². The van der Waals surface area contributed by atoms with Gasteiger partial charge in [0.05, 0.1) is 12.1 Å². The first-order chi connectivity index (χ1) is 9.80. The van der Waals surface area contributed by atoms with Gasteiger partial charge in [-0.15, -0.1) is 0 Å². The molecule has 0 aliphatic carbocycles. The summed E-state index contributed by atoms with van der Waals surface area (Å²) < 4.78 is 0. The Morgan fingerprint density at radius 1 is 1.29 bits per heavy atom. The van der Waals surface area contributed by atoms with Gasteiger partial charge in [0.25, 0.3) is 5.60 Å². The maximum atomic E-state index is 10.3. The van der Waals surface area contributed by atoms with E-state index in [1.165, 1.54) is 5.56 Å². The van der Waals surface area contributed by atoms with Crippen LogP contribution in [0, 0.1) is 38.0 Å². The van der Waals surface area contributed by atoms with Crippen molar-refractivity contribution < 1.29 is 9.94 Å². The Morgan fingerprint density at radius 2 is 1.86 bits per heavy atom. The average Bonchev–Trinajstić information content (AvgIpc) is 2.82. The van der Waals surface area contributed by atoms with Crippen LogP contribution in [-0.4, -0.2) is 22.5 Å². The van der Waals surface area contributed by atoms with Crippen molar-refractivity contribution in [2.24, 2.45) is 11.1 Å². The van der Waals surface area contributed by atoms with Crippen molar-refractivity contribution in [3.8, 4) is 6.07 Å². The second-order valence-corrected chi connectivity index (χ2v) is 6.27. The predicted molar refractivity (Wildman–Crippen MR) is 82.1 cm³/mol. The highest BCUT2D eigenvalue weighted by molar-refractivity contribution is 6.04. The largest absolute Gasteiger partial charge is 0.387 e. The van der Waals surface area contributed by atoms with Crippen molar-refractivity contribution in [2.45, 2.75) is 52.7 Å². The van der Waals surface area contributed by atoms with Crippen LogP contribution in [0.4, 0.5) is 0 Å². The molecule has 1 aromatic carbocycles. The lowest BCUT2D eigenvalue weighted by atomic mass is 9.83. The van der Waals surface area contributed by atoms with Crippen molar-refractivity contribution in [1.82, 2.24) is 0 Å². The molecule has 112 valence electrons. The zero-order chi connectivity index (χ0) is 15.8. The van der Waals surface area contributed by atoms with E-state index in [1.54, 1.807) is 0 Å². The number of aliphatic hydroxyl groups is 1. The number of benzene rings is 1. The molecule has 0 unspecified atom stereocenters. The Kier molecular flexibility index (Phi) is 4.06. The molecule has 2 atom stereocenters. The van der Waals surface area contributed by atoms with Crippen LogP contribution < -0.4 is 0 Å². The molecule has 0 saturated heterocycles. The van der Waals surface area contributed by atoms with Crippen molar-refractivity contribution in [3.63, 3.8) is 0 Å². The van der Waals surface area contributed by atoms with Gasteiger partial charge in [-0.2, -0.15) is 5.26 Å². The highest BCUT2D eigenvalue weighted by atomic mass is 16.7. The molecule has 4 heteroatoms. The van der Waals surface area contributed by atoms with Crippen LogP contribution in [-0.2, 0) is 4.84 Å². The minimum absolute atomic E-state index is 0.0700. The van der Waals surface area contributed by atoms with E-state index in [2.05, 4.69) is 30.3 Å². The van der Waals surface area contributed by atoms with E-state index in [4.69, 9.17) is 4.84 Å². The summed E-state index contributed by atoms with van der Waals surface area (Å²) in [5, 5.41) is 23.9. The summed E-state index contributed by atoms with van der Waals surface area (Å²) in [6, 6.07) is 6.31. The standard InChI is InChI=1S/C17H22N2O2/c1-10(2)16(20)17(9-18)8-14(19-21-17)15-12(4)6-11(3)7-13(15)5/h6-7,10,16,20H,8H2,1-5H3/t16-,17-/m0/s1. The molecule has 2 rings (SSSR count). The fourth-order valence-corrected chi connectivity index (χ4v) is 3.04. The fraction of sp³-hybridized carbons (Fsp3) is 0.529. The molecule has 0 radical (unpaired) electrons. The van der Waals surface area contributed by atoms with Crippen LogP contribution in [0.25, 0.3) is 0 Å². The third-order valence-corrected chi connectivity index (χ3v) is 4.01. The summed E-state index contributed by atoms with van der Waals surface area (Å²) in [7, 11) is 0. The van der Waals surface area contributed by atoms with E-state index in [1.807, 2.05) is 27.7 Å². The molecule has 1 aliphatic rings. The Hall–Kier alpha value is -1.86. The van der Waals surface area contributed by atoms with Gasteiger partial charge >= 0.3 is 0 Å². The lowest BCUT2D eigenvalue weighted by Crippen LogP contribution is -2.44. The number of hydrogen-bond acceptors (Lipinski definition) is 4. The van der Waals surface area contributed by atoms with E-state index in [0.29, 0.717) is 6.42 Å². The zero-order valence-corrected chi connectivity index (χ0v) is 13.3. The topological polar surface area (TPSA) is 65.6 Å². The molecule has 0 amide bonds. The maximum Gasteiger partial charge on any atom is 0.253 e. The van der Waals surface area contributed by atoms with Gasteiger partial charge in [-0.05, 0) is 37.8 Å². The summed E-state index contributed by atoms with van der Waals surface area (Å²) in [6.45, 7) is 9.85. The first kappa shape index (κ1) is 15.5. The normalized spacial score (nSPS) is 22.7. The number of aliphatic hydroxyl groups excluding tert-OH is 1. The number of rotatable bonds is 3. The molecule has 0 aromatic heterocycles. The van der Waals surface area contributed by atoms with Gasteiger partial charge in [-0.3, -0.25) is 0 Å². The summed E-state index contributed by atoms with van der Waals surface area (Å²) >= 11 is 0. The number of aryl methyl sites for hydroxylation is 3. The van der Waals surface area contributed by atoms with E-state index < -0.39 is 11.7 Å². The minimum atomic E-state index is -1.27. The Balaban J connectivity index is 2.37. The Bertz CT molecular complexity index is 605. The Labute approximate surface area is 126 Å². The second-order valence-electron chi connectivity index (χ2n) is 6.27. The summed E-state index contributed by atoms with van der Waals surface area (Å²) in [6.07, 6.45) is -0.553. The van der Waals surface area contributed by atoms with E-state index in [0.717, 1.165) is 22.4 Å². The van der Waals surface area contributed by atoms with Crippen LogP contribution in [0.3, 0.4) is 0 Å². The predicted octanol–water partition coefficient (Wildman–Crippen LogP) is 3.02. The van der Waals surface area contributed by atoms with Crippen LogP contribution in [0.5, 0.6) is 0 Å². The summed E-state index contributed by atoms with van der Waals surface area (Å²) in [4.78, 5) is 5.40. The monoisotopic (exact) mass is 286 g/mol. The fourth-order valence-electron chi connectivity index (χ4n) is 3.04. The highest BCUT2D eigenvalue weighted by Crippen LogP contribution is 2.34. The first-order valence-corrected chi connectivity index (χ1v) is 7.23. The molecule has 21 heavy (non-hydrogen) atoms. The van der Waals surface area contributed by atoms with E-state index >= 15 is 0 Å². The highest BCUT2D eigenvalue weighted by Gasteiger charge is 2.48. The van der Waals surface area contributed by atoms with Gasteiger partial charge in [0.15, 0.2) is 0 Å². The van der Waals surface area contributed by atoms with Crippen LogP contribution in [0.15, 0.2) is 17.3 Å².